The number of nitrogens with one attached hydrogen (secondary N) is 2. The third kappa shape index (κ3) is 5.53. The zero-order chi connectivity index (χ0) is 18.4. The molecule has 1 saturated carbocycles. The molecule has 0 bridgehead atoms. The molecular formula is C20H29FN3O2+. The molecule has 142 valence electrons. The third-order valence-electron chi connectivity index (χ3n) is 5.58. The van der Waals surface area contributed by atoms with Crippen LogP contribution in [0.25, 0.3) is 0 Å². The highest BCUT2D eigenvalue weighted by Gasteiger charge is 2.26. The van der Waals surface area contributed by atoms with Crippen molar-refractivity contribution in [3.8, 4) is 0 Å². The van der Waals surface area contributed by atoms with Crippen LogP contribution in [-0.4, -0.2) is 49.4 Å². The molecule has 26 heavy (non-hydrogen) atoms. The highest BCUT2D eigenvalue weighted by Crippen LogP contribution is 2.28. The number of hydrogen-bond donors (Lipinski definition) is 2. The molecule has 2 fully saturated rings. The van der Waals surface area contributed by atoms with E-state index < -0.39 is 0 Å². The standard InChI is InChI=1S/C20H28FN3O2/c21-17-6-3-7-18(14-17)22-19(25)15-23-10-12-24(13-11-23)20(26)9-8-16-4-1-2-5-16/h3,6-7,14,16H,1-2,4-5,8-13,15H2,(H,22,25)/p+1. The molecule has 0 radical (unpaired) electrons. The van der Waals surface area contributed by atoms with Crippen molar-refractivity contribution in [3.05, 3.63) is 30.1 Å². The number of amides is 2. The molecular weight excluding hydrogens is 333 g/mol. The number of hydrogen-bond acceptors (Lipinski definition) is 2. The summed E-state index contributed by atoms with van der Waals surface area (Å²) >= 11 is 0. The number of carbonyl (C=O) groups excluding carboxylic acids is 2. The van der Waals surface area contributed by atoms with Gasteiger partial charge in [0.15, 0.2) is 6.54 Å². The van der Waals surface area contributed by atoms with Gasteiger partial charge in [0, 0.05) is 12.1 Å². The molecule has 2 N–H and O–H groups in total. The van der Waals surface area contributed by atoms with E-state index in [1.54, 1.807) is 12.1 Å². The van der Waals surface area contributed by atoms with Gasteiger partial charge in [0.25, 0.3) is 5.91 Å². The molecule has 0 atom stereocenters. The molecule has 1 aromatic rings. The van der Waals surface area contributed by atoms with Crippen LogP contribution in [0.5, 0.6) is 0 Å². The second-order valence-electron chi connectivity index (χ2n) is 7.56. The minimum atomic E-state index is -0.361. The summed E-state index contributed by atoms with van der Waals surface area (Å²) in [4.78, 5) is 27.6. The Morgan fingerprint density at radius 2 is 1.92 bits per heavy atom. The normalized spacial score (nSPS) is 18.9. The number of rotatable bonds is 6. The van der Waals surface area contributed by atoms with E-state index in [-0.39, 0.29) is 17.6 Å². The van der Waals surface area contributed by atoms with Crippen molar-refractivity contribution in [2.24, 2.45) is 5.92 Å². The lowest BCUT2D eigenvalue weighted by atomic mass is 10.0. The molecule has 1 aromatic carbocycles. The summed E-state index contributed by atoms with van der Waals surface area (Å²) in [6.45, 7) is 3.34. The molecule has 2 aliphatic rings. The second kappa shape index (κ2) is 9.12. The van der Waals surface area contributed by atoms with Crippen molar-refractivity contribution in [1.29, 1.82) is 0 Å². The van der Waals surface area contributed by atoms with E-state index in [4.69, 9.17) is 0 Å². The monoisotopic (exact) mass is 362 g/mol. The molecule has 3 rings (SSSR count). The molecule has 5 nitrogen and oxygen atoms in total. The summed E-state index contributed by atoms with van der Waals surface area (Å²) in [6, 6.07) is 5.92. The Morgan fingerprint density at radius 1 is 1.19 bits per heavy atom. The van der Waals surface area contributed by atoms with Crippen molar-refractivity contribution in [3.63, 3.8) is 0 Å². The number of quaternary nitrogens is 1. The molecule has 0 unspecified atom stereocenters. The molecule has 2 amide bonds. The molecule has 0 spiro atoms. The Labute approximate surface area is 154 Å². The smallest absolute Gasteiger partial charge is 0.279 e. The van der Waals surface area contributed by atoms with Gasteiger partial charge in [-0.05, 0) is 30.5 Å². The fourth-order valence-corrected chi connectivity index (χ4v) is 4.03. The lowest BCUT2D eigenvalue weighted by Gasteiger charge is -2.32. The van der Waals surface area contributed by atoms with Crippen LogP contribution in [0, 0.1) is 11.7 Å². The highest BCUT2D eigenvalue weighted by molar-refractivity contribution is 5.91. The van der Waals surface area contributed by atoms with Crippen LogP contribution in [-0.2, 0) is 9.59 Å². The first kappa shape index (κ1) is 18.8. The maximum absolute atomic E-state index is 13.2. The van der Waals surface area contributed by atoms with E-state index in [0.29, 0.717) is 31.7 Å². The van der Waals surface area contributed by atoms with Crippen LogP contribution >= 0.6 is 0 Å². The maximum atomic E-state index is 13.2. The predicted octanol–water partition coefficient (Wildman–Crippen LogP) is 1.46. The number of nitrogens with zero attached hydrogens (tertiary/aromatic N) is 1. The summed E-state index contributed by atoms with van der Waals surface area (Å²) in [5.74, 6) is 0.532. The van der Waals surface area contributed by atoms with Crippen LogP contribution < -0.4 is 10.2 Å². The Hall–Kier alpha value is -1.95. The number of piperazine rings is 1. The fourth-order valence-electron chi connectivity index (χ4n) is 4.03. The number of carbonyl (C=O) groups is 2. The molecule has 0 aromatic heterocycles. The number of benzene rings is 1. The number of anilines is 1. The molecule has 1 aliphatic carbocycles. The quantitative estimate of drug-likeness (QED) is 0.805. The van der Waals surface area contributed by atoms with Crippen molar-refractivity contribution < 1.29 is 18.9 Å². The first-order chi connectivity index (χ1) is 12.6. The van der Waals surface area contributed by atoms with Gasteiger partial charge in [0.2, 0.25) is 5.91 Å². The average Bonchev–Trinajstić information content (AvgIpc) is 3.14. The van der Waals surface area contributed by atoms with Crippen LogP contribution in [0.2, 0.25) is 0 Å². The lowest BCUT2D eigenvalue weighted by Crippen LogP contribution is -3.15. The van der Waals surface area contributed by atoms with E-state index >= 15 is 0 Å². The minimum Gasteiger partial charge on any atom is -0.331 e. The predicted molar refractivity (Wildman–Crippen MR) is 98.4 cm³/mol. The van der Waals surface area contributed by atoms with Crippen LogP contribution in [0.1, 0.15) is 38.5 Å². The SMILES string of the molecule is O=C(C[NH+]1CCN(C(=O)CCC2CCCC2)CC1)Nc1cccc(F)c1. The van der Waals surface area contributed by atoms with Crippen molar-refractivity contribution in [2.75, 3.05) is 38.0 Å². The Bertz CT molecular complexity index is 623. The lowest BCUT2D eigenvalue weighted by molar-refractivity contribution is -0.895. The topological polar surface area (TPSA) is 53.9 Å². The van der Waals surface area contributed by atoms with Crippen LogP contribution in [0.4, 0.5) is 10.1 Å². The van der Waals surface area contributed by atoms with Gasteiger partial charge in [0.05, 0.1) is 26.2 Å². The van der Waals surface area contributed by atoms with Gasteiger partial charge in [-0.2, -0.15) is 0 Å². The van der Waals surface area contributed by atoms with Crippen molar-refractivity contribution >= 4 is 17.5 Å². The van der Waals surface area contributed by atoms with Crippen LogP contribution in [0.15, 0.2) is 24.3 Å². The largest absolute Gasteiger partial charge is 0.331 e. The van der Waals surface area contributed by atoms with Gasteiger partial charge in [-0.3, -0.25) is 9.59 Å². The van der Waals surface area contributed by atoms with E-state index in [9.17, 15) is 14.0 Å². The number of halogens is 1. The first-order valence-electron chi connectivity index (χ1n) is 9.77. The molecule has 1 saturated heterocycles. The molecule has 6 heteroatoms. The highest BCUT2D eigenvalue weighted by atomic mass is 19.1. The average molecular weight is 362 g/mol. The fraction of sp³-hybridized carbons (Fsp3) is 0.600. The second-order valence-corrected chi connectivity index (χ2v) is 7.56. The third-order valence-corrected chi connectivity index (χ3v) is 5.58. The maximum Gasteiger partial charge on any atom is 0.279 e. The van der Waals surface area contributed by atoms with E-state index in [1.807, 2.05) is 4.90 Å². The van der Waals surface area contributed by atoms with Gasteiger partial charge in [0.1, 0.15) is 5.82 Å². The van der Waals surface area contributed by atoms with Gasteiger partial charge in [-0.1, -0.05) is 31.7 Å². The Kier molecular flexibility index (Phi) is 6.61. The first-order valence-corrected chi connectivity index (χ1v) is 9.77. The van der Waals surface area contributed by atoms with Gasteiger partial charge >= 0.3 is 0 Å². The zero-order valence-electron chi connectivity index (χ0n) is 15.3. The van der Waals surface area contributed by atoms with E-state index in [0.717, 1.165) is 25.4 Å². The summed E-state index contributed by atoms with van der Waals surface area (Å²) in [5.41, 5.74) is 0.482. The Morgan fingerprint density at radius 3 is 2.62 bits per heavy atom. The van der Waals surface area contributed by atoms with E-state index in [1.165, 1.54) is 42.7 Å². The Balaban J connectivity index is 1.36. The van der Waals surface area contributed by atoms with Gasteiger partial charge < -0.3 is 15.1 Å². The minimum absolute atomic E-state index is 0.119. The summed E-state index contributed by atoms with van der Waals surface area (Å²) < 4.78 is 13.2. The van der Waals surface area contributed by atoms with Crippen molar-refractivity contribution in [1.82, 2.24) is 4.90 Å². The van der Waals surface area contributed by atoms with Gasteiger partial charge in [-0.15, -0.1) is 0 Å². The molecule has 1 aliphatic heterocycles. The zero-order valence-corrected chi connectivity index (χ0v) is 15.3. The van der Waals surface area contributed by atoms with Gasteiger partial charge in [-0.25, -0.2) is 4.39 Å². The summed E-state index contributed by atoms with van der Waals surface area (Å²) in [5, 5.41) is 2.74. The van der Waals surface area contributed by atoms with Crippen LogP contribution in [0.3, 0.4) is 0 Å². The van der Waals surface area contributed by atoms with Crippen molar-refractivity contribution in [2.45, 2.75) is 38.5 Å². The molecule has 1 heterocycles. The summed E-state index contributed by atoms with van der Waals surface area (Å²) in [6.07, 6.45) is 6.90. The van der Waals surface area contributed by atoms with E-state index in [2.05, 4.69) is 5.32 Å². The summed E-state index contributed by atoms with van der Waals surface area (Å²) in [7, 11) is 0.